The monoisotopic (exact) mass is 766 g/mol. The Hall–Kier alpha value is -6.47. The Morgan fingerprint density at radius 1 is 0.569 bits per heavy atom. The SMILES string of the molecule is C\C=C/C(/C=C/C(=C\C(PC)c1ccc(-c2cc(-n3c4ccccc4c4ccccc43)ccc2-n2c3ccccc3c3ccccc32)cc1)c1ccccc1)=C\CC. The first kappa shape index (κ1) is 37.1. The molecule has 0 amide bonds. The Morgan fingerprint density at radius 3 is 1.64 bits per heavy atom. The van der Waals surface area contributed by atoms with E-state index in [1.807, 2.05) is 0 Å². The lowest BCUT2D eigenvalue weighted by molar-refractivity contribution is 1.15. The van der Waals surface area contributed by atoms with Gasteiger partial charge in [0.1, 0.15) is 0 Å². The summed E-state index contributed by atoms with van der Waals surface area (Å²) in [5.74, 6) is 0. The van der Waals surface area contributed by atoms with Crippen LogP contribution in [-0.2, 0) is 0 Å². The van der Waals surface area contributed by atoms with E-state index < -0.39 is 0 Å². The summed E-state index contributed by atoms with van der Waals surface area (Å²) in [5, 5.41) is 5.05. The lowest BCUT2D eigenvalue weighted by Crippen LogP contribution is -2.01. The highest BCUT2D eigenvalue weighted by atomic mass is 31.1. The molecule has 0 aliphatic heterocycles. The van der Waals surface area contributed by atoms with E-state index in [2.05, 4.69) is 236 Å². The maximum Gasteiger partial charge on any atom is 0.0542 e. The van der Waals surface area contributed by atoms with Gasteiger partial charge in [0.25, 0.3) is 0 Å². The predicted octanol–water partition coefficient (Wildman–Crippen LogP) is 15.4. The largest absolute Gasteiger partial charge is 0.309 e. The van der Waals surface area contributed by atoms with Crippen LogP contribution < -0.4 is 0 Å². The first-order valence-electron chi connectivity index (χ1n) is 20.3. The fraction of sp³-hybridized carbons (Fsp3) is 0.0909. The summed E-state index contributed by atoms with van der Waals surface area (Å²) in [5.41, 5.74) is 14.8. The maximum atomic E-state index is 2.46. The summed E-state index contributed by atoms with van der Waals surface area (Å²) < 4.78 is 4.88. The molecule has 2 aromatic heterocycles. The molecule has 3 heteroatoms. The molecule has 2 unspecified atom stereocenters. The van der Waals surface area contributed by atoms with Gasteiger partial charge >= 0.3 is 0 Å². The Kier molecular flexibility index (Phi) is 10.6. The predicted molar refractivity (Wildman–Crippen MR) is 254 cm³/mol. The second-order valence-electron chi connectivity index (χ2n) is 14.8. The molecule has 0 spiro atoms. The quantitative estimate of drug-likeness (QED) is 0.0916. The molecule has 2 nitrogen and oxygen atoms in total. The van der Waals surface area contributed by atoms with E-state index in [9.17, 15) is 0 Å². The summed E-state index contributed by atoms with van der Waals surface area (Å²) >= 11 is 0. The van der Waals surface area contributed by atoms with Crippen molar-refractivity contribution in [3.63, 3.8) is 0 Å². The lowest BCUT2D eigenvalue weighted by atomic mass is 9.98. The fourth-order valence-corrected chi connectivity index (χ4v) is 9.42. The van der Waals surface area contributed by atoms with Gasteiger partial charge in [-0.05, 0) is 90.3 Å². The second-order valence-corrected chi connectivity index (χ2v) is 16.0. The van der Waals surface area contributed by atoms with Crippen LogP contribution in [0.15, 0.2) is 212 Å². The normalized spacial score (nSPS) is 13.4. The van der Waals surface area contributed by atoms with Crippen molar-refractivity contribution in [2.24, 2.45) is 0 Å². The second kappa shape index (κ2) is 16.6. The molecule has 0 saturated carbocycles. The van der Waals surface area contributed by atoms with Crippen LogP contribution in [0.25, 0.3) is 71.7 Å². The molecule has 58 heavy (non-hydrogen) atoms. The third-order valence-corrected chi connectivity index (χ3v) is 12.4. The van der Waals surface area contributed by atoms with Crippen LogP contribution in [0.5, 0.6) is 0 Å². The van der Waals surface area contributed by atoms with Crippen LogP contribution in [-0.4, -0.2) is 15.8 Å². The lowest BCUT2D eigenvalue weighted by Gasteiger charge is -2.18. The zero-order valence-electron chi connectivity index (χ0n) is 33.3. The molecule has 9 aromatic rings. The molecule has 0 aliphatic rings. The van der Waals surface area contributed by atoms with Crippen molar-refractivity contribution in [3.05, 3.63) is 223 Å². The third-order valence-electron chi connectivity index (χ3n) is 11.2. The molecule has 0 aliphatic carbocycles. The van der Waals surface area contributed by atoms with Gasteiger partial charge in [-0.2, -0.15) is 0 Å². The fourth-order valence-electron chi connectivity index (χ4n) is 8.55. The number of allylic oxidation sites excluding steroid dienone is 8. The van der Waals surface area contributed by atoms with Crippen molar-refractivity contribution in [3.8, 4) is 22.5 Å². The molecular weight excluding hydrogens is 720 g/mol. The average Bonchev–Trinajstić information content (AvgIpc) is 3.80. The Bertz CT molecular complexity index is 2920. The molecule has 282 valence electrons. The van der Waals surface area contributed by atoms with Crippen LogP contribution in [0.1, 0.15) is 37.1 Å². The summed E-state index contributed by atoms with van der Waals surface area (Å²) in [6.45, 7) is 6.59. The summed E-state index contributed by atoms with van der Waals surface area (Å²) in [7, 11) is 0.702. The molecule has 2 atom stereocenters. The Morgan fingerprint density at radius 2 is 1.10 bits per heavy atom. The van der Waals surface area contributed by atoms with Gasteiger partial charge in [0.15, 0.2) is 0 Å². The summed E-state index contributed by atoms with van der Waals surface area (Å²) in [4.78, 5) is 0. The standard InChI is InChI=1S/C55H47N2P/c1-4-17-39(18-5-2)29-30-43(40-19-7-6-8-20-40)37-55(58-3)42-33-31-41(32-34-42)49-38-44(56-50-25-13-9-21-45(50)46-22-10-14-26-51(46)56)35-36-54(49)57-52-27-15-11-23-47(52)48-24-12-16-28-53(48)57/h4,6-38,55,58H,5H2,1-3H3/b17-4-,30-29+,39-18+,43-37+. The van der Waals surface area contributed by atoms with Gasteiger partial charge in [-0.25, -0.2) is 0 Å². The van der Waals surface area contributed by atoms with E-state index in [-0.39, 0.29) is 5.66 Å². The molecule has 0 saturated heterocycles. The van der Waals surface area contributed by atoms with Crippen molar-refractivity contribution in [1.29, 1.82) is 0 Å². The van der Waals surface area contributed by atoms with E-state index in [0.29, 0.717) is 8.58 Å². The smallest absolute Gasteiger partial charge is 0.0542 e. The average molecular weight is 767 g/mol. The molecular formula is C55H47N2P. The van der Waals surface area contributed by atoms with Crippen molar-refractivity contribution < 1.29 is 0 Å². The van der Waals surface area contributed by atoms with E-state index >= 15 is 0 Å². The van der Waals surface area contributed by atoms with E-state index in [1.54, 1.807) is 0 Å². The van der Waals surface area contributed by atoms with Crippen LogP contribution in [0.4, 0.5) is 0 Å². The highest BCUT2D eigenvalue weighted by Crippen LogP contribution is 2.41. The minimum Gasteiger partial charge on any atom is -0.309 e. The first-order chi connectivity index (χ1) is 28.7. The van der Waals surface area contributed by atoms with Crippen molar-refractivity contribution in [2.75, 3.05) is 6.66 Å². The molecule has 7 aromatic carbocycles. The number of hydrogen-bond donors (Lipinski definition) is 0. The Labute approximate surface area is 343 Å². The number of nitrogens with zero attached hydrogens (tertiary/aromatic N) is 2. The molecule has 0 radical (unpaired) electrons. The Balaban J connectivity index is 1.20. The molecule has 9 rings (SSSR count). The van der Waals surface area contributed by atoms with Crippen molar-refractivity contribution in [1.82, 2.24) is 9.13 Å². The topological polar surface area (TPSA) is 9.86 Å². The number of fused-ring (bicyclic) bond motifs is 6. The van der Waals surface area contributed by atoms with Crippen LogP contribution in [0.2, 0.25) is 0 Å². The molecule has 0 N–H and O–H groups in total. The summed E-state index contributed by atoms with van der Waals surface area (Å²) in [6.07, 6.45) is 14.6. The van der Waals surface area contributed by atoms with E-state index in [1.165, 1.54) is 77.0 Å². The maximum absolute atomic E-state index is 2.46. The van der Waals surface area contributed by atoms with Crippen LogP contribution >= 0.6 is 8.58 Å². The zero-order chi connectivity index (χ0) is 39.4. The zero-order valence-corrected chi connectivity index (χ0v) is 34.3. The van der Waals surface area contributed by atoms with Gasteiger partial charge in [0, 0.05) is 38.5 Å². The van der Waals surface area contributed by atoms with Gasteiger partial charge in [-0.15, -0.1) is 8.58 Å². The minimum absolute atomic E-state index is 0.273. The van der Waals surface area contributed by atoms with E-state index in [4.69, 9.17) is 0 Å². The minimum atomic E-state index is 0.273. The van der Waals surface area contributed by atoms with Crippen molar-refractivity contribution in [2.45, 2.75) is 25.9 Å². The van der Waals surface area contributed by atoms with E-state index in [0.717, 1.165) is 17.8 Å². The molecule has 0 bridgehead atoms. The van der Waals surface area contributed by atoms with Gasteiger partial charge in [-0.3, -0.25) is 0 Å². The number of hydrogen-bond acceptors (Lipinski definition) is 0. The first-order valence-corrected chi connectivity index (χ1v) is 21.9. The van der Waals surface area contributed by atoms with Gasteiger partial charge < -0.3 is 9.13 Å². The molecule has 0 fully saturated rings. The van der Waals surface area contributed by atoms with Crippen LogP contribution in [0.3, 0.4) is 0 Å². The highest BCUT2D eigenvalue weighted by Gasteiger charge is 2.19. The number of rotatable bonds is 11. The van der Waals surface area contributed by atoms with Gasteiger partial charge in [0.05, 0.1) is 27.8 Å². The van der Waals surface area contributed by atoms with Crippen molar-refractivity contribution >= 4 is 57.8 Å². The van der Waals surface area contributed by atoms with Crippen LogP contribution in [0, 0.1) is 0 Å². The molecule has 2 heterocycles. The van der Waals surface area contributed by atoms with Gasteiger partial charge in [0.2, 0.25) is 0 Å². The summed E-state index contributed by atoms with van der Waals surface area (Å²) in [6, 6.07) is 62.3. The number of benzene rings is 7. The third kappa shape index (κ3) is 6.95. The number of para-hydroxylation sites is 4. The van der Waals surface area contributed by atoms with Gasteiger partial charge in [-0.1, -0.05) is 171 Å². The highest BCUT2D eigenvalue weighted by molar-refractivity contribution is 7.37. The number of aromatic nitrogens is 2.